The molecule has 1 aliphatic carbocycles. The molecule has 5 nitrogen and oxygen atoms in total. The number of ether oxygens (including phenoxy) is 1. The van der Waals surface area contributed by atoms with Gasteiger partial charge in [-0.1, -0.05) is 6.92 Å². The second-order valence-corrected chi connectivity index (χ2v) is 8.01. The number of thiophene rings is 1. The van der Waals surface area contributed by atoms with Crippen LogP contribution in [0.4, 0.5) is 0 Å². The fourth-order valence-corrected chi connectivity index (χ4v) is 3.93. The monoisotopic (exact) mass is 303 g/mol. The quantitative estimate of drug-likeness (QED) is 0.816. The van der Waals surface area contributed by atoms with Crippen molar-refractivity contribution in [3.63, 3.8) is 0 Å². The summed E-state index contributed by atoms with van der Waals surface area (Å²) in [5.74, 6) is -0.525. The molecule has 0 aromatic carbocycles. The van der Waals surface area contributed by atoms with Crippen molar-refractivity contribution < 1.29 is 17.9 Å². The average molecular weight is 303 g/mol. The Kier molecular flexibility index (Phi) is 3.98. The van der Waals surface area contributed by atoms with E-state index in [9.17, 15) is 13.2 Å². The van der Waals surface area contributed by atoms with Crippen molar-refractivity contribution in [3.8, 4) is 0 Å². The molecule has 0 amide bonds. The Bertz CT molecular complexity index is 572. The third-order valence-corrected chi connectivity index (χ3v) is 6.29. The molecule has 1 saturated carbocycles. The van der Waals surface area contributed by atoms with Gasteiger partial charge < -0.3 is 4.74 Å². The molecule has 0 spiro atoms. The minimum Gasteiger partial charge on any atom is -0.465 e. The Balaban J connectivity index is 1.98. The maximum Gasteiger partial charge on any atom is 0.338 e. The number of hydrogen-bond donors (Lipinski definition) is 1. The molecule has 0 saturated heterocycles. The first-order valence-corrected chi connectivity index (χ1v) is 8.39. The predicted molar refractivity (Wildman–Crippen MR) is 72.8 cm³/mol. The molecule has 0 unspecified atom stereocenters. The summed E-state index contributed by atoms with van der Waals surface area (Å²) < 4.78 is 31.3. The molecule has 1 heterocycles. The van der Waals surface area contributed by atoms with Crippen molar-refractivity contribution in [2.75, 3.05) is 13.7 Å². The molecule has 1 aromatic heterocycles. The third-order valence-electron chi connectivity index (χ3n) is 3.39. The maximum absolute atomic E-state index is 12.0. The molecule has 19 heavy (non-hydrogen) atoms. The van der Waals surface area contributed by atoms with Crippen LogP contribution in [0, 0.1) is 5.41 Å². The lowest BCUT2D eigenvalue weighted by atomic mass is 10.1. The van der Waals surface area contributed by atoms with Crippen molar-refractivity contribution in [1.82, 2.24) is 4.72 Å². The Morgan fingerprint density at radius 1 is 1.53 bits per heavy atom. The van der Waals surface area contributed by atoms with Crippen LogP contribution in [0.5, 0.6) is 0 Å². The number of nitrogens with one attached hydrogen (secondary N) is 1. The summed E-state index contributed by atoms with van der Waals surface area (Å²) in [7, 11) is -2.25. The van der Waals surface area contributed by atoms with Gasteiger partial charge in [-0.3, -0.25) is 0 Å². The van der Waals surface area contributed by atoms with E-state index in [2.05, 4.69) is 16.4 Å². The highest BCUT2D eigenvalue weighted by Crippen LogP contribution is 2.47. The van der Waals surface area contributed by atoms with Crippen LogP contribution in [-0.4, -0.2) is 28.0 Å². The summed E-state index contributed by atoms with van der Waals surface area (Å²) in [6.07, 6.45) is 3.18. The molecule has 0 radical (unpaired) electrons. The molecule has 0 aliphatic heterocycles. The summed E-state index contributed by atoms with van der Waals surface area (Å²) in [5, 5.41) is 1.49. The van der Waals surface area contributed by atoms with Crippen molar-refractivity contribution in [3.05, 3.63) is 17.0 Å². The molecule has 106 valence electrons. The number of esters is 1. The van der Waals surface area contributed by atoms with Crippen molar-refractivity contribution in [2.24, 2.45) is 5.41 Å². The van der Waals surface area contributed by atoms with Crippen molar-refractivity contribution >= 4 is 27.3 Å². The van der Waals surface area contributed by atoms with Gasteiger partial charge >= 0.3 is 5.97 Å². The lowest BCUT2D eigenvalue weighted by Gasteiger charge is -2.08. The molecule has 2 rings (SSSR count). The van der Waals surface area contributed by atoms with Gasteiger partial charge in [-0.05, 0) is 30.7 Å². The number of sulfonamides is 1. The second kappa shape index (κ2) is 5.22. The summed E-state index contributed by atoms with van der Waals surface area (Å²) >= 11 is 1.02. The Morgan fingerprint density at radius 2 is 2.21 bits per heavy atom. The average Bonchev–Trinajstić information content (AvgIpc) is 2.91. The van der Waals surface area contributed by atoms with Gasteiger partial charge in [-0.25, -0.2) is 17.9 Å². The predicted octanol–water partition coefficient (Wildman–Crippen LogP) is 2.00. The van der Waals surface area contributed by atoms with Gasteiger partial charge in [-0.15, -0.1) is 11.3 Å². The summed E-state index contributed by atoms with van der Waals surface area (Å²) in [6, 6.07) is 1.34. The van der Waals surface area contributed by atoms with Gasteiger partial charge in [0.2, 0.25) is 10.0 Å². The topological polar surface area (TPSA) is 72.5 Å². The van der Waals surface area contributed by atoms with Crippen LogP contribution >= 0.6 is 11.3 Å². The molecule has 7 heteroatoms. The summed E-state index contributed by atoms with van der Waals surface area (Å²) in [6.45, 7) is 2.59. The highest BCUT2D eigenvalue weighted by Gasteiger charge is 2.36. The highest BCUT2D eigenvalue weighted by atomic mass is 32.2. The largest absolute Gasteiger partial charge is 0.465 e. The Hall–Kier alpha value is -0.920. The maximum atomic E-state index is 12.0. The number of carbonyl (C=O) groups excluding carboxylic acids is 1. The van der Waals surface area contributed by atoms with Gasteiger partial charge in [0.15, 0.2) is 0 Å². The van der Waals surface area contributed by atoms with Gasteiger partial charge in [-0.2, -0.15) is 0 Å². The fraction of sp³-hybridized carbons (Fsp3) is 0.583. The molecule has 1 aliphatic rings. The SMILES string of the molecule is COC(=O)c1csc(S(=O)(=O)NCCC2(C)CC2)c1. The van der Waals surface area contributed by atoms with Crippen LogP contribution in [0.15, 0.2) is 15.7 Å². The first kappa shape index (κ1) is 14.5. The zero-order valence-electron chi connectivity index (χ0n) is 10.9. The van der Waals surface area contributed by atoms with Crippen LogP contribution in [0.25, 0.3) is 0 Å². The minimum atomic E-state index is -3.52. The van der Waals surface area contributed by atoms with E-state index in [4.69, 9.17) is 0 Å². The molecular weight excluding hydrogens is 286 g/mol. The number of rotatable bonds is 6. The number of methoxy groups -OCH3 is 1. The molecule has 1 fully saturated rings. The minimum absolute atomic E-state index is 0.147. The van der Waals surface area contributed by atoms with E-state index < -0.39 is 16.0 Å². The second-order valence-electron chi connectivity index (χ2n) is 5.10. The van der Waals surface area contributed by atoms with Crippen LogP contribution in [0.3, 0.4) is 0 Å². The van der Waals surface area contributed by atoms with E-state index in [1.165, 1.54) is 31.4 Å². The van der Waals surface area contributed by atoms with Gasteiger partial charge in [0.25, 0.3) is 0 Å². The van der Waals surface area contributed by atoms with Gasteiger partial charge in [0.1, 0.15) is 4.21 Å². The van der Waals surface area contributed by atoms with Gasteiger partial charge in [0, 0.05) is 11.9 Å². The lowest BCUT2D eigenvalue weighted by Crippen LogP contribution is -2.25. The number of carbonyl (C=O) groups is 1. The van der Waals surface area contributed by atoms with E-state index in [1.807, 2.05) is 0 Å². The molecule has 1 aromatic rings. The normalized spacial score (nSPS) is 17.2. The summed E-state index contributed by atoms with van der Waals surface area (Å²) in [5.41, 5.74) is 0.580. The molecule has 0 atom stereocenters. The first-order chi connectivity index (χ1) is 8.86. The van der Waals surface area contributed by atoms with Crippen molar-refractivity contribution in [2.45, 2.75) is 30.4 Å². The van der Waals surface area contributed by atoms with E-state index in [0.717, 1.165) is 17.8 Å². The van der Waals surface area contributed by atoms with E-state index in [0.29, 0.717) is 12.0 Å². The van der Waals surface area contributed by atoms with Crippen LogP contribution in [-0.2, 0) is 14.8 Å². The van der Waals surface area contributed by atoms with Crippen molar-refractivity contribution in [1.29, 1.82) is 0 Å². The highest BCUT2D eigenvalue weighted by molar-refractivity contribution is 7.91. The zero-order valence-corrected chi connectivity index (χ0v) is 12.6. The fourth-order valence-electron chi connectivity index (χ4n) is 1.70. The van der Waals surface area contributed by atoms with Crippen LogP contribution in [0.2, 0.25) is 0 Å². The zero-order chi connectivity index (χ0) is 14.1. The standard InChI is InChI=1S/C12H17NO4S2/c1-12(3-4-12)5-6-13-19(15,16)10-7-9(8-18-10)11(14)17-2/h7-8,13H,3-6H2,1-2H3. The van der Waals surface area contributed by atoms with E-state index in [1.54, 1.807) is 0 Å². The van der Waals surface area contributed by atoms with Crippen LogP contribution < -0.4 is 4.72 Å². The Labute approximate surface area is 117 Å². The van der Waals surface area contributed by atoms with E-state index >= 15 is 0 Å². The smallest absolute Gasteiger partial charge is 0.338 e. The third kappa shape index (κ3) is 3.55. The van der Waals surface area contributed by atoms with Crippen LogP contribution in [0.1, 0.15) is 36.5 Å². The summed E-state index contributed by atoms with van der Waals surface area (Å²) in [4.78, 5) is 11.3. The molecule has 1 N–H and O–H groups in total. The molecule has 0 bridgehead atoms. The van der Waals surface area contributed by atoms with E-state index in [-0.39, 0.29) is 9.77 Å². The number of hydrogen-bond acceptors (Lipinski definition) is 5. The Morgan fingerprint density at radius 3 is 2.79 bits per heavy atom. The first-order valence-electron chi connectivity index (χ1n) is 6.03. The lowest BCUT2D eigenvalue weighted by molar-refractivity contribution is 0.0601. The molecular formula is C12H17NO4S2. The van der Waals surface area contributed by atoms with Gasteiger partial charge in [0.05, 0.1) is 12.7 Å².